The van der Waals surface area contributed by atoms with Crippen molar-refractivity contribution in [3.8, 4) is 11.4 Å². The molecule has 174 valence electrons. The number of likely N-dealkylation sites (tertiary alicyclic amines) is 1. The second kappa shape index (κ2) is 9.61. The average molecular weight is 458 g/mol. The molecular weight excluding hydrogens is 430 g/mol. The summed E-state index contributed by atoms with van der Waals surface area (Å²) in [5, 5.41) is 3.36. The molecule has 1 N–H and O–H groups in total. The molecule has 34 heavy (non-hydrogen) atoms. The van der Waals surface area contributed by atoms with Gasteiger partial charge in [0.25, 0.3) is 5.91 Å². The Morgan fingerprint density at radius 1 is 1.21 bits per heavy atom. The summed E-state index contributed by atoms with van der Waals surface area (Å²) in [5.74, 6) is 1.32. The van der Waals surface area contributed by atoms with Crippen LogP contribution in [0.2, 0.25) is 0 Å². The SMILES string of the molecule is C[C@@]1(OC[C@@H]2CCCN(C(=O)c3ccccc3-c3ncccn3)C2)C=CC=C(c2ncco2)N1. The van der Waals surface area contributed by atoms with Crippen LogP contribution in [0.5, 0.6) is 0 Å². The molecule has 3 aromatic rings. The Kier molecular flexibility index (Phi) is 6.22. The van der Waals surface area contributed by atoms with Gasteiger partial charge in [-0.15, -0.1) is 0 Å². The number of rotatable bonds is 6. The Labute approximate surface area is 198 Å². The van der Waals surface area contributed by atoms with Crippen molar-refractivity contribution in [2.75, 3.05) is 19.7 Å². The van der Waals surface area contributed by atoms with E-state index in [0.717, 1.165) is 30.6 Å². The highest BCUT2D eigenvalue weighted by Crippen LogP contribution is 2.27. The summed E-state index contributed by atoms with van der Waals surface area (Å²) in [6, 6.07) is 9.30. The van der Waals surface area contributed by atoms with Crippen molar-refractivity contribution in [2.24, 2.45) is 5.92 Å². The second-order valence-electron chi connectivity index (χ2n) is 8.70. The Balaban J connectivity index is 1.24. The van der Waals surface area contributed by atoms with Crippen LogP contribution >= 0.6 is 0 Å². The van der Waals surface area contributed by atoms with Gasteiger partial charge in [0.2, 0.25) is 5.89 Å². The van der Waals surface area contributed by atoms with E-state index in [2.05, 4.69) is 20.3 Å². The molecule has 2 aromatic heterocycles. The first-order valence-corrected chi connectivity index (χ1v) is 11.5. The second-order valence-corrected chi connectivity index (χ2v) is 8.70. The fourth-order valence-corrected chi connectivity index (χ4v) is 4.39. The molecule has 0 radical (unpaired) electrons. The Morgan fingerprint density at radius 3 is 2.88 bits per heavy atom. The highest BCUT2D eigenvalue weighted by Gasteiger charge is 2.31. The number of allylic oxidation sites excluding steroid dienone is 2. The minimum atomic E-state index is -0.678. The first-order valence-electron chi connectivity index (χ1n) is 11.5. The van der Waals surface area contributed by atoms with E-state index < -0.39 is 5.72 Å². The summed E-state index contributed by atoms with van der Waals surface area (Å²) >= 11 is 0. The van der Waals surface area contributed by atoms with Gasteiger partial charge in [0.05, 0.1) is 18.4 Å². The highest BCUT2D eigenvalue weighted by atomic mass is 16.5. The van der Waals surface area contributed by atoms with Crippen LogP contribution in [0, 0.1) is 5.92 Å². The number of benzene rings is 1. The highest BCUT2D eigenvalue weighted by molar-refractivity contribution is 6.00. The van der Waals surface area contributed by atoms with Crippen LogP contribution in [0.15, 0.2) is 77.8 Å². The number of hydrogen-bond donors (Lipinski definition) is 1. The third kappa shape index (κ3) is 4.77. The number of hydrogen-bond acceptors (Lipinski definition) is 7. The van der Waals surface area contributed by atoms with E-state index in [1.807, 2.05) is 54.3 Å². The molecule has 0 unspecified atom stereocenters. The smallest absolute Gasteiger partial charge is 0.254 e. The van der Waals surface area contributed by atoms with Gasteiger partial charge >= 0.3 is 0 Å². The van der Waals surface area contributed by atoms with E-state index >= 15 is 0 Å². The number of carbonyl (C=O) groups is 1. The predicted molar refractivity (Wildman–Crippen MR) is 127 cm³/mol. The molecule has 4 heterocycles. The fraction of sp³-hybridized carbons (Fsp3) is 0.308. The van der Waals surface area contributed by atoms with Crippen LogP contribution in [0.3, 0.4) is 0 Å². The molecule has 2 aliphatic rings. The molecule has 5 rings (SSSR count). The molecule has 1 fully saturated rings. The lowest BCUT2D eigenvalue weighted by atomic mass is 9.97. The third-order valence-electron chi connectivity index (χ3n) is 6.11. The van der Waals surface area contributed by atoms with Crippen molar-refractivity contribution in [3.63, 3.8) is 0 Å². The molecule has 1 saturated heterocycles. The third-order valence-corrected chi connectivity index (χ3v) is 6.11. The Morgan fingerprint density at radius 2 is 2.06 bits per heavy atom. The molecule has 8 heteroatoms. The van der Waals surface area contributed by atoms with Crippen molar-refractivity contribution in [1.29, 1.82) is 0 Å². The molecule has 1 amide bonds. The van der Waals surface area contributed by atoms with Crippen LogP contribution in [-0.2, 0) is 4.74 Å². The summed E-state index contributed by atoms with van der Waals surface area (Å²) in [4.78, 5) is 28.3. The van der Waals surface area contributed by atoms with Crippen molar-refractivity contribution in [3.05, 3.63) is 84.9 Å². The largest absolute Gasteiger partial charge is 0.443 e. The predicted octanol–water partition coefficient (Wildman–Crippen LogP) is 3.92. The maximum absolute atomic E-state index is 13.5. The van der Waals surface area contributed by atoms with Crippen LogP contribution in [0.25, 0.3) is 17.1 Å². The van der Waals surface area contributed by atoms with Gasteiger partial charge in [-0.1, -0.05) is 24.3 Å². The fourth-order valence-electron chi connectivity index (χ4n) is 4.39. The molecule has 2 aliphatic heterocycles. The number of carbonyl (C=O) groups excluding carboxylic acids is 1. The van der Waals surface area contributed by atoms with Gasteiger partial charge in [0.15, 0.2) is 11.5 Å². The lowest BCUT2D eigenvalue weighted by molar-refractivity contribution is -0.0373. The number of dihydropyridines is 1. The first-order chi connectivity index (χ1) is 16.6. The summed E-state index contributed by atoms with van der Waals surface area (Å²) in [5.41, 5.74) is 1.47. The maximum Gasteiger partial charge on any atom is 0.254 e. The monoisotopic (exact) mass is 457 g/mol. The quantitative estimate of drug-likeness (QED) is 0.600. The van der Waals surface area contributed by atoms with Crippen LogP contribution in [-0.4, -0.2) is 51.2 Å². The van der Waals surface area contributed by atoms with E-state index in [9.17, 15) is 4.79 Å². The van der Waals surface area contributed by atoms with Crippen LogP contribution < -0.4 is 5.32 Å². The van der Waals surface area contributed by atoms with Gasteiger partial charge < -0.3 is 19.4 Å². The van der Waals surface area contributed by atoms with E-state index in [1.165, 1.54) is 0 Å². The molecule has 8 nitrogen and oxygen atoms in total. The summed E-state index contributed by atoms with van der Waals surface area (Å²) in [7, 11) is 0. The molecule has 0 bridgehead atoms. The molecule has 0 spiro atoms. The molecule has 0 aliphatic carbocycles. The Bertz CT molecular complexity index is 1190. The number of oxazole rings is 1. The average Bonchev–Trinajstić information content (AvgIpc) is 3.43. The lowest BCUT2D eigenvalue weighted by Crippen LogP contribution is -2.46. The van der Waals surface area contributed by atoms with E-state index in [0.29, 0.717) is 30.4 Å². The van der Waals surface area contributed by atoms with E-state index in [1.54, 1.807) is 30.9 Å². The summed E-state index contributed by atoms with van der Waals surface area (Å²) in [6.45, 7) is 3.87. The van der Waals surface area contributed by atoms with Gasteiger partial charge in [-0.3, -0.25) is 4.79 Å². The van der Waals surface area contributed by atoms with Crippen molar-refractivity contribution in [2.45, 2.75) is 25.5 Å². The summed E-state index contributed by atoms with van der Waals surface area (Å²) in [6.07, 6.45) is 14.3. The number of amides is 1. The standard InChI is InChI=1S/C26H27N5O3/c1-26(11-4-10-22(30-26)24-29-14-16-33-24)34-18-19-7-5-15-31(17-19)25(32)21-9-3-2-8-20(21)23-27-12-6-13-28-23/h2-4,6,8-14,16,19,30H,5,7,15,17-18H2,1H3/t19-,26-/m1/s1. The van der Waals surface area contributed by atoms with E-state index in [-0.39, 0.29) is 11.8 Å². The zero-order valence-corrected chi connectivity index (χ0v) is 19.1. The zero-order valence-electron chi connectivity index (χ0n) is 19.1. The van der Waals surface area contributed by atoms with E-state index in [4.69, 9.17) is 9.15 Å². The number of ether oxygens (including phenoxy) is 1. The van der Waals surface area contributed by atoms with Gasteiger partial charge in [-0.05, 0) is 44.1 Å². The topological polar surface area (TPSA) is 93.4 Å². The normalized spacial score (nSPS) is 22.2. The molecular formula is C26H27N5O3. The minimum absolute atomic E-state index is 0.00349. The lowest BCUT2D eigenvalue weighted by Gasteiger charge is -2.36. The van der Waals surface area contributed by atoms with Gasteiger partial charge in [0, 0.05) is 37.0 Å². The molecule has 1 aromatic carbocycles. The Hall–Kier alpha value is -3.78. The van der Waals surface area contributed by atoms with Crippen molar-refractivity contribution >= 4 is 11.6 Å². The first kappa shape index (κ1) is 22.0. The molecule has 0 saturated carbocycles. The van der Waals surface area contributed by atoms with Gasteiger partial charge in [0.1, 0.15) is 12.0 Å². The number of nitrogens with one attached hydrogen (secondary N) is 1. The van der Waals surface area contributed by atoms with Crippen LogP contribution in [0.1, 0.15) is 36.0 Å². The van der Waals surface area contributed by atoms with Gasteiger partial charge in [-0.2, -0.15) is 0 Å². The number of nitrogens with zero attached hydrogens (tertiary/aromatic N) is 4. The van der Waals surface area contributed by atoms with Crippen molar-refractivity contribution in [1.82, 2.24) is 25.2 Å². The summed E-state index contributed by atoms with van der Waals surface area (Å²) < 4.78 is 11.7. The minimum Gasteiger partial charge on any atom is -0.443 e. The number of piperidine rings is 1. The number of aromatic nitrogens is 3. The maximum atomic E-state index is 13.5. The zero-order chi connectivity index (χ0) is 23.4. The molecule has 2 atom stereocenters. The van der Waals surface area contributed by atoms with Crippen molar-refractivity contribution < 1.29 is 13.9 Å². The van der Waals surface area contributed by atoms with Gasteiger partial charge in [-0.25, -0.2) is 15.0 Å². The van der Waals surface area contributed by atoms with Crippen LogP contribution in [0.4, 0.5) is 0 Å².